The van der Waals surface area contributed by atoms with Gasteiger partial charge in [0.2, 0.25) is 11.8 Å². The van der Waals surface area contributed by atoms with Crippen molar-refractivity contribution in [1.82, 2.24) is 10.2 Å². The maximum atomic E-state index is 12.7. The first-order valence-corrected chi connectivity index (χ1v) is 10.3. The molecule has 0 unspecified atom stereocenters. The van der Waals surface area contributed by atoms with Crippen LogP contribution in [0.5, 0.6) is 0 Å². The molecule has 0 saturated carbocycles. The van der Waals surface area contributed by atoms with Gasteiger partial charge in [-0.1, -0.05) is 42.5 Å². The largest absolute Gasteiger partial charge is 0.369 e. The Morgan fingerprint density at radius 2 is 1.72 bits per heavy atom. The van der Waals surface area contributed by atoms with E-state index in [1.165, 1.54) is 0 Å². The van der Waals surface area contributed by atoms with Gasteiger partial charge in [0.15, 0.2) is 0 Å². The third-order valence-electron chi connectivity index (χ3n) is 6.03. The molecule has 1 atom stereocenters. The molecule has 1 saturated heterocycles. The van der Waals surface area contributed by atoms with Crippen LogP contribution in [0.2, 0.25) is 0 Å². The number of hydrogen-bond donors (Lipinski definition) is 3. The molecule has 2 heterocycles. The molecule has 1 spiro atoms. The van der Waals surface area contributed by atoms with Gasteiger partial charge in [-0.15, -0.1) is 0 Å². The summed E-state index contributed by atoms with van der Waals surface area (Å²) in [5.74, 6) is 0.106. The van der Waals surface area contributed by atoms with Crippen LogP contribution in [0.15, 0.2) is 54.6 Å². The van der Waals surface area contributed by atoms with Gasteiger partial charge in [0.1, 0.15) is 5.54 Å². The van der Waals surface area contributed by atoms with Crippen molar-refractivity contribution in [3.05, 3.63) is 60.2 Å². The van der Waals surface area contributed by atoms with E-state index in [-0.39, 0.29) is 17.9 Å². The van der Waals surface area contributed by atoms with Gasteiger partial charge in [-0.05, 0) is 37.5 Å². The molecule has 3 N–H and O–H groups in total. The first-order valence-electron chi connectivity index (χ1n) is 10.3. The average molecular weight is 393 g/mol. The van der Waals surface area contributed by atoms with E-state index in [0.717, 1.165) is 42.9 Å². The van der Waals surface area contributed by atoms with Crippen molar-refractivity contribution in [3.63, 3.8) is 0 Å². The van der Waals surface area contributed by atoms with Crippen LogP contribution in [-0.2, 0) is 9.59 Å². The zero-order valence-corrected chi connectivity index (χ0v) is 16.8. The summed E-state index contributed by atoms with van der Waals surface area (Å²) >= 11 is 0. The highest BCUT2D eigenvalue weighted by atomic mass is 16.2. The molecule has 4 rings (SSSR count). The highest BCUT2D eigenvalue weighted by molar-refractivity contribution is 6.06. The van der Waals surface area contributed by atoms with Crippen molar-refractivity contribution in [2.45, 2.75) is 37.8 Å². The Morgan fingerprint density at radius 3 is 2.45 bits per heavy atom. The van der Waals surface area contributed by atoms with Gasteiger partial charge in [-0.25, -0.2) is 0 Å². The number of carbonyl (C=O) groups excluding carboxylic acids is 2. The normalized spacial score (nSPS) is 19.0. The number of amides is 2. The molecule has 2 aromatic rings. The predicted octanol–water partition coefficient (Wildman–Crippen LogP) is 3.15. The fourth-order valence-corrected chi connectivity index (χ4v) is 4.17. The third-order valence-corrected chi connectivity index (χ3v) is 6.03. The van der Waals surface area contributed by atoms with Gasteiger partial charge in [0.25, 0.3) is 0 Å². The van der Waals surface area contributed by atoms with Gasteiger partial charge in [-0.2, -0.15) is 0 Å². The number of benzene rings is 2. The second kappa shape index (κ2) is 8.25. The Hall–Kier alpha value is -2.86. The minimum Gasteiger partial charge on any atom is -0.369 e. The number of piperidine rings is 1. The number of fused-ring (bicyclic) bond motifs is 1. The van der Waals surface area contributed by atoms with E-state index < -0.39 is 5.54 Å². The molecular weight excluding hydrogens is 364 g/mol. The molecule has 2 aliphatic heterocycles. The Morgan fingerprint density at radius 1 is 1.07 bits per heavy atom. The molecule has 1 fully saturated rings. The Labute approximate surface area is 171 Å². The van der Waals surface area contributed by atoms with Crippen molar-refractivity contribution in [2.75, 3.05) is 30.3 Å². The Kier molecular flexibility index (Phi) is 5.53. The lowest BCUT2D eigenvalue weighted by Gasteiger charge is -2.44. The smallest absolute Gasteiger partial charge is 0.250 e. The van der Waals surface area contributed by atoms with E-state index >= 15 is 0 Å². The SMILES string of the molecule is C[C@H](NC(=O)CCN1CCC2(CC1)Nc1ccccc1NC2=O)c1ccccc1. The van der Waals surface area contributed by atoms with E-state index in [0.29, 0.717) is 13.0 Å². The molecule has 2 amide bonds. The van der Waals surface area contributed by atoms with Crippen molar-refractivity contribution in [1.29, 1.82) is 0 Å². The fourth-order valence-electron chi connectivity index (χ4n) is 4.17. The van der Waals surface area contributed by atoms with Crippen LogP contribution >= 0.6 is 0 Å². The van der Waals surface area contributed by atoms with E-state index in [9.17, 15) is 9.59 Å². The fraction of sp³-hybridized carbons (Fsp3) is 0.391. The summed E-state index contributed by atoms with van der Waals surface area (Å²) in [6, 6.07) is 17.8. The predicted molar refractivity (Wildman–Crippen MR) is 115 cm³/mol. The van der Waals surface area contributed by atoms with Crippen LogP contribution in [0.3, 0.4) is 0 Å². The zero-order chi connectivity index (χ0) is 20.3. The number of para-hydroxylation sites is 2. The van der Waals surface area contributed by atoms with Crippen LogP contribution in [0.1, 0.15) is 37.8 Å². The summed E-state index contributed by atoms with van der Waals surface area (Å²) in [6.45, 7) is 4.30. The number of nitrogens with zero attached hydrogens (tertiary/aromatic N) is 1. The van der Waals surface area contributed by atoms with Gasteiger partial charge >= 0.3 is 0 Å². The molecule has 152 valence electrons. The van der Waals surface area contributed by atoms with Crippen molar-refractivity contribution < 1.29 is 9.59 Å². The molecule has 0 bridgehead atoms. The number of rotatable bonds is 5. The van der Waals surface area contributed by atoms with Crippen LogP contribution in [-0.4, -0.2) is 41.9 Å². The van der Waals surface area contributed by atoms with Gasteiger partial charge in [0, 0.05) is 26.1 Å². The zero-order valence-electron chi connectivity index (χ0n) is 16.8. The highest BCUT2D eigenvalue weighted by Gasteiger charge is 2.44. The number of carbonyl (C=O) groups is 2. The standard InChI is InChI=1S/C23H28N4O2/c1-17(18-7-3-2-4-8-18)24-21(28)11-14-27-15-12-23(13-16-27)22(29)25-19-9-5-6-10-20(19)26-23/h2-10,17,26H,11-16H2,1H3,(H,24,28)(H,25,29)/t17-/m0/s1. The molecule has 6 nitrogen and oxygen atoms in total. The molecule has 2 aromatic carbocycles. The number of hydrogen-bond acceptors (Lipinski definition) is 4. The number of nitrogens with one attached hydrogen (secondary N) is 3. The Bertz CT molecular complexity index is 875. The molecule has 6 heteroatoms. The lowest BCUT2D eigenvalue weighted by Crippen LogP contribution is -2.58. The summed E-state index contributed by atoms with van der Waals surface area (Å²) in [5.41, 5.74) is 2.38. The first-order chi connectivity index (χ1) is 14.1. The summed E-state index contributed by atoms with van der Waals surface area (Å²) in [5, 5.41) is 9.58. The lowest BCUT2D eigenvalue weighted by atomic mass is 9.84. The van der Waals surface area contributed by atoms with Crippen molar-refractivity contribution >= 4 is 23.2 Å². The lowest BCUT2D eigenvalue weighted by molar-refractivity contribution is -0.124. The number of likely N-dealkylation sites (tertiary alicyclic amines) is 1. The summed E-state index contributed by atoms with van der Waals surface area (Å²) in [7, 11) is 0. The molecule has 0 aliphatic carbocycles. The van der Waals surface area contributed by atoms with Gasteiger partial charge in [0.05, 0.1) is 17.4 Å². The quantitative estimate of drug-likeness (QED) is 0.731. The first kappa shape index (κ1) is 19.5. The summed E-state index contributed by atoms with van der Waals surface area (Å²) < 4.78 is 0. The van der Waals surface area contributed by atoms with E-state index in [4.69, 9.17) is 0 Å². The molecule has 2 aliphatic rings. The van der Waals surface area contributed by atoms with E-state index in [1.54, 1.807) is 0 Å². The second-order valence-electron chi connectivity index (χ2n) is 8.00. The monoisotopic (exact) mass is 392 g/mol. The summed E-state index contributed by atoms with van der Waals surface area (Å²) in [4.78, 5) is 27.3. The van der Waals surface area contributed by atoms with E-state index in [1.807, 2.05) is 61.5 Å². The molecule has 0 aromatic heterocycles. The van der Waals surface area contributed by atoms with E-state index in [2.05, 4.69) is 20.9 Å². The van der Waals surface area contributed by atoms with Crippen LogP contribution in [0.4, 0.5) is 11.4 Å². The molecular formula is C23H28N4O2. The minimum absolute atomic E-state index is 0.00327. The highest BCUT2D eigenvalue weighted by Crippen LogP contribution is 2.36. The van der Waals surface area contributed by atoms with Crippen LogP contribution in [0, 0.1) is 0 Å². The summed E-state index contributed by atoms with van der Waals surface area (Å²) in [6.07, 6.45) is 1.93. The topological polar surface area (TPSA) is 73.5 Å². The maximum absolute atomic E-state index is 12.7. The molecule has 29 heavy (non-hydrogen) atoms. The Balaban J connectivity index is 1.26. The van der Waals surface area contributed by atoms with Crippen LogP contribution in [0.25, 0.3) is 0 Å². The van der Waals surface area contributed by atoms with Gasteiger partial charge < -0.3 is 20.9 Å². The van der Waals surface area contributed by atoms with Crippen molar-refractivity contribution in [3.8, 4) is 0 Å². The maximum Gasteiger partial charge on any atom is 0.250 e. The van der Waals surface area contributed by atoms with Gasteiger partial charge in [-0.3, -0.25) is 9.59 Å². The second-order valence-corrected chi connectivity index (χ2v) is 8.00. The third kappa shape index (κ3) is 4.27. The number of anilines is 2. The minimum atomic E-state index is -0.547. The molecule has 0 radical (unpaired) electrons. The van der Waals surface area contributed by atoms with Crippen molar-refractivity contribution in [2.24, 2.45) is 0 Å². The average Bonchev–Trinajstić information content (AvgIpc) is 2.75. The van der Waals surface area contributed by atoms with Crippen LogP contribution < -0.4 is 16.0 Å².